The molecule has 1 atom stereocenters. The molecule has 0 heterocycles. The third-order valence-electron chi connectivity index (χ3n) is 2.92. The van der Waals surface area contributed by atoms with Crippen molar-refractivity contribution in [3.63, 3.8) is 0 Å². The SMILES string of the molecule is CC(C)COc1cccc(CC(Cl)C(=O)C(C)(C)C)c1. The molecule has 0 bridgehead atoms. The van der Waals surface area contributed by atoms with E-state index in [1.807, 2.05) is 45.0 Å². The second kappa shape index (κ2) is 7.12. The summed E-state index contributed by atoms with van der Waals surface area (Å²) < 4.78 is 5.69. The number of carbonyl (C=O) groups is 1. The summed E-state index contributed by atoms with van der Waals surface area (Å²) in [5.41, 5.74) is 0.627. The highest BCUT2D eigenvalue weighted by Crippen LogP contribution is 2.23. The van der Waals surface area contributed by atoms with Crippen molar-refractivity contribution >= 4 is 17.4 Å². The molecule has 0 amide bonds. The summed E-state index contributed by atoms with van der Waals surface area (Å²) in [5.74, 6) is 1.40. The van der Waals surface area contributed by atoms with E-state index >= 15 is 0 Å². The van der Waals surface area contributed by atoms with Gasteiger partial charge in [0.2, 0.25) is 0 Å². The number of benzene rings is 1. The standard InChI is InChI=1S/C17H25ClO2/c1-12(2)11-20-14-8-6-7-13(9-14)10-15(18)16(19)17(3,4)5/h6-9,12,15H,10-11H2,1-5H3. The molecule has 0 fully saturated rings. The number of hydrogen-bond donors (Lipinski definition) is 0. The first-order valence-corrected chi connectivity index (χ1v) is 7.54. The zero-order valence-corrected chi connectivity index (χ0v) is 13.8. The average molecular weight is 297 g/mol. The van der Waals surface area contributed by atoms with Crippen LogP contribution in [0.2, 0.25) is 0 Å². The van der Waals surface area contributed by atoms with Gasteiger partial charge in [0.15, 0.2) is 5.78 Å². The maximum atomic E-state index is 12.1. The smallest absolute Gasteiger partial charge is 0.156 e. The van der Waals surface area contributed by atoms with Gasteiger partial charge in [-0.05, 0) is 30.0 Å². The molecule has 1 aromatic rings. The Morgan fingerprint density at radius 1 is 1.30 bits per heavy atom. The molecule has 20 heavy (non-hydrogen) atoms. The molecule has 0 spiro atoms. The van der Waals surface area contributed by atoms with Crippen molar-refractivity contribution in [1.82, 2.24) is 0 Å². The van der Waals surface area contributed by atoms with Crippen LogP contribution in [0.3, 0.4) is 0 Å². The summed E-state index contributed by atoms with van der Waals surface area (Å²) in [6.07, 6.45) is 0.538. The molecule has 0 N–H and O–H groups in total. The van der Waals surface area contributed by atoms with E-state index in [1.165, 1.54) is 0 Å². The van der Waals surface area contributed by atoms with Gasteiger partial charge in [0.1, 0.15) is 5.75 Å². The molecule has 0 saturated carbocycles. The van der Waals surface area contributed by atoms with E-state index < -0.39 is 10.8 Å². The topological polar surface area (TPSA) is 26.3 Å². The molecule has 112 valence electrons. The molecule has 0 saturated heterocycles. The van der Waals surface area contributed by atoms with Crippen LogP contribution in [0.25, 0.3) is 0 Å². The highest BCUT2D eigenvalue weighted by molar-refractivity contribution is 6.31. The molecular formula is C17H25ClO2. The van der Waals surface area contributed by atoms with E-state index in [1.54, 1.807) is 0 Å². The Bertz CT molecular complexity index is 447. The van der Waals surface area contributed by atoms with E-state index in [0.717, 1.165) is 11.3 Å². The largest absolute Gasteiger partial charge is 0.493 e. The van der Waals surface area contributed by atoms with Gasteiger partial charge in [-0.25, -0.2) is 0 Å². The fourth-order valence-corrected chi connectivity index (χ4v) is 2.30. The van der Waals surface area contributed by atoms with Crippen molar-refractivity contribution in [2.45, 2.75) is 46.4 Å². The molecule has 2 nitrogen and oxygen atoms in total. The number of alkyl halides is 1. The fraction of sp³-hybridized carbons (Fsp3) is 0.588. The van der Waals surface area contributed by atoms with Crippen molar-refractivity contribution in [1.29, 1.82) is 0 Å². The minimum atomic E-state index is -0.490. The number of hydrogen-bond acceptors (Lipinski definition) is 2. The highest BCUT2D eigenvalue weighted by atomic mass is 35.5. The van der Waals surface area contributed by atoms with Gasteiger partial charge in [0.05, 0.1) is 12.0 Å². The molecule has 1 aromatic carbocycles. The third kappa shape index (κ3) is 5.54. The van der Waals surface area contributed by atoms with E-state index in [9.17, 15) is 4.79 Å². The summed E-state index contributed by atoms with van der Waals surface area (Å²) in [6.45, 7) is 10.6. The van der Waals surface area contributed by atoms with Crippen LogP contribution in [-0.2, 0) is 11.2 Å². The van der Waals surface area contributed by atoms with Crippen molar-refractivity contribution < 1.29 is 9.53 Å². The van der Waals surface area contributed by atoms with Gasteiger partial charge < -0.3 is 4.74 Å². The van der Waals surface area contributed by atoms with Crippen molar-refractivity contribution in [3.05, 3.63) is 29.8 Å². The molecule has 0 radical (unpaired) electrons. The summed E-state index contributed by atoms with van der Waals surface area (Å²) >= 11 is 6.24. The van der Waals surface area contributed by atoms with Crippen molar-refractivity contribution in [3.8, 4) is 5.75 Å². The maximum absolute atomic E-state index is 12.1. The zero-order chi connectivity index (χ0) is 15.3. The Hall–Kier alpha value is -1.02. The molecular weight excluding hydrogens is 272 g/mol. The van der Waals surface area contributed by atoms with Gasteiger partial charge in [0, 0.05) is 5.41 Å². The zero-order valence-electron chi connectivity index (χ0n) is 13.1. The minimum Gasteiger partial charge on any atom is -0.493 e. The predicted octanol–water partition coefficient (Wildman–Crippen LogP) is 4.49. The van der Waals surface area contributed by atoms with Crippen molar-refractivity contribution in [2.24, 2.45) is 11.3 Å². The lowest BCUT2D eigenvalue weighted by Crippen LogP contribution is -2.30. The number of rotatable bonds is 6. The molecule has 1 unspecified atom stereocenters. The van der Waals surface area contributed by atoms with Crippen LogP contribution >= 0.6 is 11.6 Å². The minimum absolute atomic E-state index is 0.0765. The Morgan fingerprint density at radius 3 is 2.50 bits per heavy atom. The van der Waals surface area contributed by atoms with Crippen LogP contribution in [-0.4, -0.2) is 17.8 Å². The second-order valence-electron chi connectivity index (χ2n) is 6.64. The highest BCUT2D eigenvalue weighted by Gasteiger charge is 2.28. The number of ether oxygens (including phenoxy) is 1. The fourth-order valence-electron chi connectivity index (χ4n) is 1.79. The second-order valence-corrected chi connectivity index (χ2v) is 7.16. The summed E-state index contributed by atoms with van der Waals surface area (Å²) in [5, 5.41) is -0.490. The molecule has 3 heteroatoms. The van der Waals surface area contributed by atoms with Gasteiger partial charge in [-0.1, -0.05) is 46.8 Å². The van der Waals surface area contributed by atoms with Gasteiger partial charge in [-0.2, -0.15) is 0 Å². The monoisotopic (exact) mass is 296 g/mol. The van der Waals surface area contributed by atoms with Crippen LogP contribution < -0.4 is 4.74 Å². The van der Waals surface area contributed by atoms with E-state index in [0.29, 0.717) is 18.9 Å². The average Bonchev–Trinajstić information content (AvgIpc) is 2.34. The van der Waals surface area contributed by atoms with Crippen LogP contribution in [0.1, 0.15) is 40.2 Å². The van der Waals surface area contributed by atoms with Crippen molar-refractivity contribution in [2.75, 3.05) is 6.61 Å². The molecule has 0 aliphatic heterocycles. The van der Waals surface area contributed by atoms with Crippen LogP contribution in [0, 0.1) is 11.3 Å². The van der Waals surface area contributed by atoms with Crippen LogP contribution in [0.4, 0.5) is 0 Å². The molecule has 0 aliphatic rings. The first-order chi connectivity index (χ1) is 9.20. The molecule has 0 aliphatic carbocycles. The molecule has 0 aromatic heterocycles. The lowest BCUT2D eigenvalue weighted by molar-refractivity contribution is -0.125. The first-order valence-electron chi connectivity index (χ1n) is 7.10. The van der Waals surface area contributed by atoms with Crippen LogP contribution in [0.5, 0.6) is 5.75 Å². The Kier molecular flexibility index (Phi) is 6.07. The third-order valence-corrected chi connectivity index (χ3v) is 3.27. The lowest BCUT2D eigenvalue weighted by atomic mass is 9.87. The van der Waals surface area contributed by atoms with E-state index in [2.05, 4.69) is 13.8 Å². The molecule has 1 rings (SSSR count). The Balaban J connectivity index is 2.68. The first kappa shape index (κ1) is 17.0. The quantitative estimate of drug-likeness (QED) is 0.723. The number of Topliss-reactive ketones (excluding diaryl/α,β-unsaturated/α-hetero) is 1. The normalized spacial score (nSPS) is 13.3. The van der Waals surface area contributed by atoms with Crippen LogP contribution in [0.15, 0.2) is 24.3 Å². The van der Waals surface area contributed by atoms with Gasteiger partial charge in [-0.15, -0.1) is 11.6 Å². The van der Waals surface area contributed by atoms with Gasteiger partial charge in [-0.3, -0.25) is 4.79 Å². The van der Waals surface area contributed by atoms with Gasteiger partial charge >= 0.3 is 0 Å². The number of carbonyl (C=O) groups excluding carboxylic acids is 1. The lowest BCUT2D eigenvalue weighted by Gasteiger charge is -2.20. The summed E-state index contributed by atoms with van der Waals surface area (Å²) in [6, 6.07) is 7.82. The summed E-state index contributed by atoms with van der Waals surface area (Å²) in [7, 11) is 0. The number of ketones is 1. The number of halogens is 1. The van der Waals surface area contributed by atoms with Gasteiger partial charge in [0.25, 0.3) is 0 Å². The maximum Gasteiger partial charge on any atom is 0.156 e. The Labute approximate surface area is 127 Å². The summed E-state index contributed by atoms with van der Waals surface area (Å²) in [4.78, 5) is 12.1. The van der Waals surface area contributed by atoms with E-state index in [4.69, 9.17) is 16.3 Å². The van der Waals surface area contributed by atoms with E-state index in [-0.39, 0.29) is 5.78 Å². The Morgan fingerprint density at radius 2 is 1.95 bits per heavy atom. The predicted molar refractivity (Wildman–Crippen MR) is 84.6 cm³/mol.